The number of hydrogen-bond donors (Lipinski definition) is 1. The van der Waals surface area contributed by atoms with Crippen LogP contribution in [-0.4, -0.2) is 15.8 Å². The number of nitrogen functional groups attached to an aromatic ring is 1. The number of fused-ring (bicyclic) bond motifs is 1. The van der Waals surface area contributed by atoms with Crippen LogP contribution in [0.15, 0.2) is 28.9 Å². The van der Waals surface area contributed by atoms with Crippen molar-refractivity contribution in [2.24, 2.45) is 0 Å². The number of thiazole rings is 1. The summed E-state index contributed by atoms with van der Waals surface area (Å²) < 4.78 is 5.12. The van der Waals surface area contributed by atoms with Crippen LogP contribution in [0.25, 0.3) is 6.08 Å². The van der Waals surface area contributed by atoms with Crippen LogP contribution < -0.4 is 5.73 Å². The first kappa shape index (κ1) is 11.0. The summed E-state index contributed by atoms with van der Waals surface area (Å²) in [5.74, 6) is 0.620. The summed E-state index contributed by atoms with van der Waals surface area (Å²) >= 11 is 1.44. The zero-order chi connectivity index (χ0) is 12.5. The highest BCUT2D eigenvalue weighted by atomic mass is 32.1. The highest BCUT2D eigenvalue weighted by Crippen LogP contribution is 2.29. The maximum absolute atomic E-state index is 11.9. The smallest absolute Gasteiger partial charge is 0.247 e. The molecule has 0 saturated heterocycles. The number of nitrogens with two attached hydrogens (primary N) is 1. The minimum absolute atomic E-state index is 0.0461. The van der Waals surface area contributed by atoms with Crippen molar-refractivity contribution in [2.45, 2.75) is 13.1 Å². The lowest BCUT2D eigenvalue weighted by Gasteiger charge is -2.11. The van der Waals surface area contributed by atoms with Gasteiger partial charge in [-0.3, -0.25) is 4.79 Å². The molecule has 0 spiro atoms. The van der Waals surface area contributed by atoms with Gasteiger partial charge in [0, 0.05) is 6.08 Å². The van der Waals surface area contributed by atoms with Gasteiger partial charge in [-0.2, -0.15) is 0 Å². The van der Waals surface area contributed by atoms with Gasteiger partial charge in [0.25, 0.3) is 0 Å². The average molecular weight is 261 g/mol. The molecular formula is C12H11N3O2S. The van der Waals surface area contributed by atoms with Crippen LogP contribution in [0.5, 0.6) is 0 Å². The highest BCUT2D eigenvalue weighted by Gasteiger charge is 2.25. The van der Waals surface area contributed by atoms with Crippen molar-refractivity contribution < 1.29 is 9.21 Å². The predicted octanol–water partition coefficient (Wildman–Crippen LogP) is 1.87. The number of aromatic nitrogens is 1. The Morgan fingerprint density at radius 3 is 3.17 bits per heavy atom. The van der Waals surface area contributed by atoms with E-state index < -0.39 is 0 Å². The van der Waals surface area contributed by atoms with Crippen molar-refractivity contribution in [3.05, 3.63) is 40.8 Å². The number of anilines is 1. The molecule has 1 amide bonds. The second-order valence-electron chi connectivity index (χ2n) is 3.97. The predicted molar refractivity (Wildman–Crippen MR) is 68.5 cm³/mol. The SMILES string of the molecule is Nc1nc2c(s1)CN(C(=O)/C=C/c1ccco1)C2. The lowest BCUT2D eigenvalue weighted by Crippen LogP contribution is -2.23. The number of rotatable bonds is 2. The number of carbonyl (C=O) groups is 1. The fourth-order valence-corrected chi connectivity index (χ4v) is 2.72. The van der Waals surface area contributed by atoms with Crippen molar-refractivity contribution in [2.75, 3.05) is 5.73 Å². The molecule has 6 heteroatoms. The Morgan fingerprint density at radius 1 is 1.56 bits per heavy atom. The lowest BCUT2D eigenvalue weighted by atomic mass is 10.3. The maximum atomic E-state index is 11.9. The van der Waals surface area contributed by atoms with Crippen LogP contribution in [0.4, 0.5) is 5.13 Å². The average Bonchev–Trinajstić information content (AvgIpc) is 3.00. The van der Waals surface area contributed by atoms with Gasteiger partial charge >= 0.3 is 0 Å². The van der Waals surface area contributed by atoms with Gasteiger partial charge in [-0.1, -0.05) is 0 Å². The first-order chi connectivity index (χ1) is 8.72. The van der Waals surface area contributed by atoms with Crippen LogP contribution in [0.2, 0.25) is 0 Å². The minimum atomic E-state index is -0.0461. The van der Waals surface area contributed by atoms with Gasteiger partial charge < -0.3 is 15.1 Å². The number of hydrogen-bond acceptors (Lipinski definition) is 5. The van der Waals surface area contributed by atoms with Crippen LogP contribution in [-0.2, 0) is 17.9 Å². The van der Waals surface area contributed by atoms with Crippen LogP contribution in [0.1, 0.15) is 16.3 Å². The van der Waals surface area contributed by atoms with Crippen molar-refractivity contribution >= 4 is 28.5 Å². The van der Waals surface area contributed by atoms with E-state index in [9.17, 15) is 4.79 Å². The van der Waals surface area contributed by atoms with Gasteiger partial charge in [-0.05, 0) is 18.2 Å². The Morgan fingerprint density at radius 2 is 2.44 bits per heavy atom. The standard InChI is InChI=1S/C12H11N3O2S/c13-12-14-9-6-15(7-10(9)18-12)11(16)4-3-8-2-1-5-17-8/h1-5H,6-7H2,(H2,13,14)/b4-3+. The third-order valence-electron chi connectivity index (χ3n) is 2.71. The summed E-state index contributed by atoms with van der Waals surface area (Å²) in [7, 11) is 0. The van der Waals surface area contributed by atoms with Gasteiger partial charge in [0.1, 0.15) is 5.76 Å². The Kier molecular flexibility index (Phi) is 2.64. The second kappa shape index (κ2) is 4.30. The summed E-state index contributed by atoms with van der Waals surface area (Å²) in [6.45, 7) is 1.12. The quantitative estimate of drug-likeness (QED) is 0.838. The Labute approximate surface area is 108 Å². The molecule has 2 aromatic rings. The molecule has 1 aliphatic heterocycles. The molecule has 0 radical (unpaired) electrons. The van der Waals surface area contributed by atoms with E-state index in [4.69, 9.17) is 10.2 Å². The van der Waals surface area contributed by atoms with E-state index in [-0.39, 0.29) is 5.91 Å². The van der Waals surface area contributed by atoms with Crippen molar-refractivity contribution in [1.29, 1.82) is 0 Å². The third-order valence-corrected chi connectivity index (χ3v) is 3.63. The van der Waals surface area contributed by atoms with Gasteiger partial charge in [0.2, 0.25) is 5.91 Å². The van der Waals surface area contributed by atoms with Crippen molar-refractivity contribution in [1.82, 2.24) is 9.88 Å². The number of amides is 1. The zero-order valence-corrected chi connectivity index (χ0v) is 10.3. The minimum Gasteiger partial charge on any atom is -0.465 e. The van der Waals surface area contributed by atoms with Gasteiger partial charge in [-0.15, -0.1) is 11.3 Å². The number of carbonyl (C=O) groups excluding carboxylic acids is 1. The monoisotopic (exact) mass is 261 g/mol. The molecule has 1 aliphatic rings. The fourth-order valence-electron chi connectivity index (χ4n) is 1.86. The second-order valence-corrected chi connectivity index (χ2v) is 5.08. The lowest BCUT2D eigenvalue weighted by molar-refractivity contribution is -0.126. The maximum Gasteiger partial charge on any atom is 0.247 e. The molecule has 0 atom stereocenters. The first-order valence-electron chi connectivity index (χ1n) is 5.47. The molecule has 2 aromatic heterocycles. The molecule has 3 heterocycles. The Hall–Kier alpha value is -2.08. The number of nitrogens with zero attached hydrogens (tertiary/aromatic N) is 2. The molecule has 0 saturated carbocycles. The molecule has 5 nitrogen and oxygen atoms in total. The normalized spacial score (nSPS) is 14.3. The number of furan rings is 1. The van der Waals surface area contributed by atoms with Gasteiger partial charge in [0.05, 0.1) is 29.9 Å². The van der Waals surface area contributed by atoms with E-state index in [1.165, 1.54) is 17.4 Å². The van der Waals surface area contributed by atoms with E-state index in [0.29, 0.717) is 24.0 Å². The zero-order valence-electron chi connectivity index (χ0n) is 9.50. The first-order valence-corrected chi connectivity index (χ1v) is 6.28. The molecule has 0 unspecified atom stereocenters. The van der Waals surface area contributed by atoms with E-state index in [1.807, 2.05) is 0 Å². The molecule has 0 fully saturated rings. The fraction of sp³-hybridized carbons (Fsp3) is 0.167. The topological polar surface area (TPSA) is 72.4 Å². The summed E-state index contributed by atoms with van der Waals surface area (Å²) in [5.41, 5.74) is 6.52. The molecule has 2 N–H and O–H groups in total. The van der Waals surface area contributed by atoms with E-state index in [0.717, 1.165) is 10.6 Å². The van der Waals surface area contributed by atoms with E-state index in [1.54, 1.807) is 29.4 Å². The van der Waals surface area contributed by atoms with Crippen LogP contribution in [0, 0.1) is 0 Å². The molecule has 0 aliphatic carbocycles. The highest BCUT2D eigenvalue weighted by molar-refractivity contribution is 7.15. The van der Waals surface area contributed by atoms with E-state index in [2.05, 4.69) is 4.98 Å². The molecule has 0 aromatic carbocycles. The molecule has 92 valence electrons. The summed E-state index contributed by atoms with van der Waals surface area (Å²) in [6.07, 6.45) is 4.75. The molecule has 18 heavy (non-hydrogen) atoms. The van der Waals surface area contributed by atoms with Crippen molar-refractivity contribution in [3.63, 3.8) is 0 Å². The Balaban J connectivity index is 1.67. The Bertz CT molecular complexity index is 577. The summed E-state index contributed by atoms with van der Waals surface area (Å²) in [4.78, 5) is 18.9. The van der Waals surface area contributed by atoms with Gasteiger partial charge in [0.15, 0.2) is 5.13 Å². The third kappa shape index (κ3) is 2.02. The van der Waals surface area contributed by atoms with Crippen LogP contribution >= 0.6 is 11.3 Å². The molecular weight excluding hydrogens is 250 g/mol. The molecule has 0 bridgehead atoms. The largest absolute Gasteiger partial charge is 0.465 e. The summed E-state index contributed by atoms with van der Waals surface area (Å²) in [5, 5.41) is 0.568. The van der Waals surface area contributed by atoms with Crippen LogP contribution in [0.3, 0.4) is 0 Å². The summed E-state index contributed by atoms with van der Waals surface area (Å²) in [6, 6.07) is 3.58. The van der Waals surface area contributed by atoms with E-state index >= 15 is 0 Å². The van der Waals surface area contributed by atoms with Gasteiger partial charge in [-0.25, -0.2) is 4.98 Å². The molecule has 3 rings (SSSR count). The van der Waals surface area contributed by atoms with Crippen molar-refractivity contribution in [3.8, 4) is 0 Å².